The third-order valence-corrected chi connectivity index (χ3v) is 3.86. The molecule has 1 aromatic rings. The number of nitrogens with zero attached hydrogens (tertiary/aromatic N) is 1. The number of carbonyl (C=O) groups is 1. The molecule has 0 spiro atoms. The van der Waals surface area contributed by atoms with E-state index in [0.717, 1.165) is 18.7 Å². The summed E-state index contributed by atoms with van der Waals surface area (Å²) in [4.78, 5) is 14.3. The molecule has 0 unspecified atom stereocenters. The molecule has 3 nitrogen and oxygen atoms in total. The van der Waals surface area contributed by atoms with Crippen LogP contribution in [0.3, 0.4) is 0 Å². The van der Waals surface area contributed by atoms with Gasteiger partial charge >= 0.3 is 0 Å². The normalized spacial score (nSPS) is 19.8. The zero-order chi connectivity index (χ0) is 13.3. The predicted molar refractivity (Wildman–Crippen MR) is 75.0 cm³/mol. The smallest absolute Gasteiger partial charge is 0.241 e. The van der Waals surface area contributed by atoms with E-state index in [1.54, 1.807) is 0 Å². The van der Waals surface area contributed by atoms with Gasteiger partial charge in [-0.05, 0) is 57.9 Å². The van der Waals surface area contributed by atoms with Gasteiger partial charge in [0, 0.05) is 11.2 Å². The summed E-state index contributed by atoms with van der Waals surface area (Å²) in [5.74, 6) is 0.159. The first kappa shape index (κ1) is 13.1. The minimum Gasteiger partial charge on any atom is -0.308 e. The van der Waals surface area contributed by atoms with Gasteiger partial charge in [-0.3, -0.25) is 4.79 Å². The molecule has 0 radical (unpaired) electrons. The Balaban J connectivity index is 2.51. The molecule has 1 amide bonds. The van der Waals surface area contributed by atoms with Gasteiger partial charge in [0.05, 0.1) is 6.54 Å². The molecule has 1 saturated heterocycles. The highest BCUT2D eigenvalue weighted by Crippen LogP contribution is 2.31. The summed E-state index contributed by atoms with van der Waals surface area (Å²) in [7, 11) is 0. The van der Waals surface area contributed by atoms with Crippen molar-refractivity contribution in [1.29, 1.82) is 0 Å². The van der Waals surface area contributed by atoms with E-state index in [2.05, 4.69) is 39.1 Å². The second-order valence-corrected chi connectivity index (χ2v) is 5.69. The fourth-order valence-corrected chi connectivity index (χ4v) is 2.56. The molecule has 1 aliphatic heterocycles. The van der Waals surface area contributed by atoms with Crippen LogP contribution < -0.4 is 10.2 Å². The first-order chi connectivity index (χ1) is 8.43. The Morgan fingerprint density at radius 3 is 2.72 bits per heavy atom. The SMILES string of the molecule is Cc1cccc(N2C(=O)CNCCC2(C)C)c1C. The van der Waals surface area contributed by atoms with Crippen LogP contribution in [0.5, 0.6) is 0 Å². The van der Waals surface area contributed by atoms with Crippen molar-refractivity contribution < 1.29 is 4.79 Å². The quantitative estimate of drug-likeness (QED) is 0.825. The van der Waals surface area contributed by atoms with Crippen molar-refractivity contribution >= 4 is 11.6 Å². The van der Waals surface area contributed by atoms with E-state index in [-0.39, 0.29) is 11.4 Å². The van der Waals surface area contributed by atoms with Gasteiger partial charge in [0.25, 0.3) is 0 Å². The second kappa shape index (κ2) is 4.73. The molecule has 1 fully saturated rings. The lowest BCUT2D eigenvalue weighted by Gasteiger charge is -2.38. The number of carbonyl (C=O) groups excluding carboxylic acids is 1. The average Bonchev–Trinajstić information content (AvgIpc) is 2.42. The molecule has 0 saturated carbocycles. The summed E-state index contributed by atoms with van der Waals surface area (Å²) in [5.41, 5.74) is 3.34. The van der Waals surface area contributed by atoms with Crippen LogP contribution in [-0.4, -0.2) is 24.5 Å². The van der Waals surface area contributed by atoms with Gasteiger partial charge in [0.15, 0.2) is 0 Å². The number of anilines is 1. The fourth-order valence-electron chi connectivity index (χ4n) is 2.56. The van der Waals surface area contributed by atoms with Crippen molar-refractivity contribution in [1.82, 2.24) is 5.32 Å². The highest BCUT2D eigenvalue weighted by molar-refractivity contribution is 5.97. The van der Waals surface area contributed by atoms with Crippen LogP contribution in [0.25, 0.3) is 0 Å². The van der Waals surface area contributed by atoms with Crippen molar-refractivity contribution in [2.45, 2.75) is 39.7 Å². The molecule has 3 heteroatoms. The third-order valence-electron chi connectivity index (χ3n) is 3.86. The van der Waals surface area contributed by atoms with Crippen LogP contribution in [0.1, 0.15) is 31.4 Å². The fraction of sp³-hybridized carbons (Fsp3) is 0.533. The number of hydrogen-bond donors (Lipinski definition) is 1. The Bertz CT molecular complexity index is 466. The van der Waals surface area contributed by atoms with Crippen LogP contribution >= 0.6 is 0 Å². The molecule has 98 valence electrons. The monoisotopic (exact) mass is 246 g/mol. The lowest BCUT2D eigenvalue weighted by Crippen LogP contribution is -2.48. The average molecular weight is 246 g/mol. The van der Waals surface area contributed by atoms with E-state index in [4.69, 9.17) is 0 Å². The van der Waals surface area contributed by atoms with Gasteiger partial charge in [0.1, 0.15) is 0 Å². The third kappa shape index (κ3) is 2.27. The van der Waals surface area contributed by atoms with Crippen LogP contribution in [0.4, 0.5) is 5.69 Å². The molecule has 1 aromatic carbocycles. The highest BCUT2D eigenvalue weighted by atomic mass is 16.2. The topological polar surface area (TPSA) is 32.3 Å². The Hall–Kier alpha value is -1.35. The molecule has 1 heterocycles. The Kier molecular flexibility index (Phi) is 3.44. The van der Waals surface area contributed by atoms with Gasteiger partial charge in [-0.2, -0.15) is 0 Å². The van der Waals surface area contributed by atoms with Crippen molar-refractivity contribution in [3.8, 4) is 0 Å². The van der Waals surface area contributed by atoms with Gasteiger partial charge in [-0.1, -0.05) is 12.1 Å². The summed E-state index contributed by atoms with van der Waals surface area (Å²) in [6.45, 7) is 9.77. The van der Waals surface area contributed by atoms with Crippen molar-refractivity contribution in [3.63, 3.8) is 0 Å². The number of aryl methyl sites for hydroxylation is 1. The molecule has 1 N–H and O–H groups in total. The molecule has 0 aliphatic carbocycles. The first-order valence-corrected chi connectivity index (χ1v) is 6.53. The van der Waals surface area contributed by atoms with Crippen molar-refractivity contribution in [2.24, 2.45) is 0 Å². The molecule has 1 aliphatic rings. The zero-order valence-electron chi connectivity index (χ0n) is 11.7. The summed E-state index contributed by atoms with van der Waals surface area (Å²) in [6.07, 6.45) is 0.964. The van der Waals surface area contributed by atoms with E-state index in [1.807, 2.05) is 17.0 Å². The maximum Gasteiger partial charge on any atom is 0.241 e. The predicted octanol–water partition coefficient (Wildman–Crippen LogP) is 2.41. The van der Waals surface area contributed by atoms with E-state index >= 15 is 0 Å². The number of nitrogens with one attached hydrogen (secondary N) is 1. The second-order valence-electron chi connectivity index (χ2n) is 5.69. The number of rotatable bonds is 1. The van der Waals surface area contributed by atoms with E-state index in [1.165, 1.54) is 11.1 Å². The van der Waals surface area contributed by atoms with Gasteiger partial charge < -0.3 is 10.2 Å². The first-order valence-electron chi connectivity index (χ1n) is 6.53. The molecular weight excluding hydrogens is 224 g/mol. The molecule has 0 bridgehead atoms. The van der Waals surface area contributed by atoms with Crippen LogP contribution in [0.2, 0.25) is 0 Å². The zero-order valence-corrected chi connectivity index (χ0v) is 11.7. The van der Waals surface area contributed by atoms with E-state index < -0.39 is 0 Å². The molecular formula is C15H22N2O. The van der Waals surface area contributed by atoms with Crippen LogP contribution in [0.15, 0.2) is 18.2 Å². The number of amides is 1. The van der Waals surface area contributed by atoms with E-state index in [9.17, 15) is 4.79 Å². The standard InChI is InChI=1S/C15H22N2O/c1-11-6-5-7-13(12(11)2)17-14(18)10-16-9-8-15(17,3)4/h5-7,16H,8-10H2,1-4H3. The molecule has 0 aromatic heterocycles. The van der Waals surface area contributed by atoms with Crippen LogP contribution in [0, 0.1) is 13.8 Å². The van der Waals surface area contributed by atoms with Crippen LogP contribution in [-0.2, 0) is 4.79 Å². The molecule has 0 atom stereocenters. The maximum absolute atomic E-state index is 12.4. The maximum atomic E-state index is 12.4. The molecule has 2 rings (SSSR count). The number of hydrogen-bond acceptors (Lipinski definition) is 2. The summed E-state index contributed by atoms with van der Waals surface area (Å²) < 4.78 is 0. The minimum atomic E-state index is -0.140. The Morgan fingerprint density at radius 1 is 1.28 bits per heavy atom. The summed E-state index contributed by atoms with van der Waals surface area (Å²) in [5, 5.41) is 3.20. The largest absolute Gasteiger partial charge is 0.308 e. The highest BCUT2D eigenvalue weighted by Gasteiger charge is 2.34. The Labute approximate surface area is 109 Å². The summed E-state index contributed by atoms with van der Waals surface area (Å²) in [6, 6.07) is 6.17. The van der Waals surface area contributed by atoms with Gasteiger partial charge in [-0.15, -0.1) is 0 Å². The van der Waals surface area contributed by atoms with Gasteiger partial charge in [0.2, 0.25) is 5.91 Å². The van der Waals surface area contributed by atoms with Crippen molar-refractivity contribution in [3.05, 3.63) is 29.3 Å². The molecule has 18 heavy (non-hydrogen) atoms. The number of benzene rings is 1. The lowest BCUT2D eigenvalue weighted by atomic mass is 9.95. The summed E-state index contributed by atoms with van der Waals surface area (Å²) >= 11 is 0. The Morgan fingerprint density at radius 2 is 2.00 bits per heavy atom. The lowest BCUT2D eigenvalue weighted by molar-refractivity contribution is -0.118. The van der Waals surface area contributed by atoms with E-state index in [0.29, 0.717) is 6.54 Å². The van der Waals surface area contributed by atoms with Crippen molar-refractivity contribution in [2.75, 3.05) is 18.0 Å². The minimum absolute atomic E-state index is 0.140. The van der Waals surface area contributed by atoms with Gasteiger partial charge in [-0.25, -0.2) is 0 Å².